The molecule has 1 aromatic rings. The van der Waals surface area contributed by atoms with Crippen molar-refractivity contribution < 1.29 is 9.90 Å². The second-order valence-electron chi connectivity index (χ2n) is 3.42. The van der Waals surface area contributed by atoms with Gasteiger partial charge in [-0.2, -0.15) is 0 Å². The summed E-state index contributed by atoms with van der Waals surface area (Å²) >= 11 is 0. The van der Waals surface area contributed by atoms with E-state index in [-0.39, 0.29) is 0 Å². The summed E-state index contributed by atoms with van der Waals surface area (Å²) in [6.07, 6.45) is 2.40. The highest BCUT2D eigenvalue weighted by atomic mass is 31.0. The van der Waals surface area contributed by atoms with Gasteiger partial charge in [-0.25, -0.2) is 4.79 Å². The van der Waals surface area contributed by atoms with Crippen LogP contribution in [0.15, 0.2) is 18.2 Å². The summed E-state index contributed by atoms with van der Waals surface area (Å²) in [4.78, 5) is 10.7. The first kappa shape index (κ1) is 8.71. The Kier molecular flexibility index (Phi) is 2.09. The van der Waals surface area contributed by atoms with Crippen LogP contribution in [0.1, 0.15) is 34.7 Å². The van der Waals surface area contributed by atoms with Gasteiger partial charge in [0.05, 0.1) is 5.56 Å². The Hall–Kier alpha value is -0.880. The molecule has 0 aromatic heterocycles. The lowest BCUT2D eigenvalue weighted by atomic mass is 10.1. The molecule has 68 valence electrons. The molecule has 0 heterocycles. The fourth-order valence-corrected chi connectivity index (χ4v) is 1.87. The van der Waals surface area contributed by atoms with Crippen molar-refractivity contribution in [3.8, 4) is 0 Å². The van der Waals surface area contributed by atoms with Gasteiger partial charge >= 0.3 is 5.97 Å². The van der Waals surface area contributed by atoms with Gasteiger partial charge in [-0.15, -0.1) is 9.24 Å². The lowest BCUT2D eigenvalue weighted by Crippen LogP contribution is -2.04. The van der Waals surface area contributed by atoms with Gasteiger partial charge in [-0.05, 0) is 41.8 Å². The van der Waals surface area contributed by atoms with Crippen molar-refractivity contribution in [2.45, 2.75) is 18.8 Å². The molecule has 1 saturated carbocycles. The monoisotopic (exact) mass is 194 g/mol. The third kappa shape index (κ3) is 1.73. The minimum Gasteiger partial charge on any atom is -0.478 e. The minimum absolute atomic E-state index is 0.396. The number of rotatable bonds is 2. The molecule has 0 spiro atoms. The smallest absolute Gasteiger partial charge is 0.335 e. The second-order valence-corrected chi connectivity index (χ2v) is 4.05. The highest BCUT2D eigenvalue weighted by molar-refractivity contribution is 7.27. The average Bonchev–Trinajstić information content (AvgIpc) is 2.87. The van der Waals surface area contributed by atoms with E-state index in [0.717, 1.165) is 5.30 Å². The zero-order valence-electron chi connectivity index (χ0n) is 7.16. The molecule has 1 atom stereocenters. The van der Waals surface area contributed by atoms with E-state index in [1.54, 1.807) is 12.1 Å². The number of aromatic carboxylic acids is 1. The van der Waals surface area contributed by atoms with Crippen molar-refractivity contribution in [1.29, 1.82) is 0 Å². The molecule has 0 radical (unpaired) electrons. The van der Waals surface area contributed by atoms with Crippen LogP contribution in [0.2, 0.25) is 0 Å². The van der Waals surface area contributed by atoms with Crippen LogP contribution in [0, 0.1) is 0 Å². The van der Waals surface area contributed by atoms with E-state index in [0.29, 0.717) is 11.5 Å². The van der Waals surface area contributed by atoms with E-state index in [1.807, 2.05) is 6.07 Å². The quantitative estimate of drug-likeness (QED) is 0.728. The van der Waals surface area contributed by atoms with Gasteiger partial charge in [0.15, 0.2) is 0 Å². The van der Waals surface area contributed by atoms with Gasteiger partial charge in [0.2, 0.25) is 0 Å². The lowest BCUT2D eigenvalue weighted by Gasteiger charge is -2.04. The third-order valence-electron chi connectivity index (χ3n) is 2.35. The summed E-state index contributed by atoms with van der Waals surface area (Å²) in [7, 11) is 2.66. The molecule has 3 heteroatoms. The molecule has 1 N–H and O–H groups in total. The normalized spacial score (nSPS) is 15.8. The molecule has 13 heavy (non-hydrogen) atoms. The summed E-state index contributed by atoms with van der Waals surface area (Å²) in [5.41, 5.74) is 1.58. The first-order chi connectivity index (χ1) is 6.18. The SMILES string of the molecule is O=C(O)c1ccc(P)c(C2CC2)c1. The number of carboxylic acids is 1. The summed E-state index contributed by atoms with van der Waals surface area (Å²) in [5, 5.41) is 9.93. The maximum Gasteiger partial charge on any atom is 0.335 e. The molecule has 1 aliphatic carbocycles. The van der Waals surface area contributed by atoms with Gasteiger partial charge in [0.1, 0.15) is 0 Å². The number of carboxylic acid groups (broad SMARTS) is 1. The molecule has 1 aliphatic rings. The molecular weight excluding hydrogens is 183 g/mol. The maximum absolute atomic E-state index is 10.7. The zero-order chi connectivity index (χ0) is 9.42. The lowest BCUT2D eigenvalue weighted by molar-refractivity contribution is 0.0697. The van der Waals surface area contributed by atoms with Gasteiger partial charge in [0.25, 0.3) is 0 Å². The molecule has 0 saturated heterocycles. The summed E-state index contributed by atoms with van der Waals surface area (Å²) in [5.74, 6) is -0.237. The molecule has 0 bridgehead atoms. The second kappa shape index (κ2) is 3.12. The highest BCUT2D eigenvalue weighted by Crippen LogP contribution is 2.39. The fraction of sp³-hybridized carbons (Fsp3) is 0.300. The molecule has 1 unspecified atom stereocenters. The molecular formula is C10H11O2P. The first-order valence-corrected chi connectivity index (χ1v) is 4.89. The van der Waals surface area contributed by atoms with Gasteiger partial charge in [-0.3, -0.25) is 0 Å². The molecule has 1 fully saturated rings. The topological polar surface area (TPSA) is 37.3 Å². The summed E-state index contributed by atoms with van der Waals surface area (Å²) in [6, 6.07) is 5.31. The largest absolute Gasteiger partial charge is 0.478 e. The minimum atomic E-state index is -0.841. The van der Waals surface area contributed by atoms with Crippen LogP contribution in [0.5, 0.6) is 0 Å². The molecule has 2 nitrogen and oxygen atoms in total. The van der Waals surface area contributed by atoms with Crippen molar-refractivity contribution in [3.05, 3.63) is 29.3 Å². The average molecular weight is 194 g/mol. The molecule has 0 amide bonds. The zero-order valence-corrected chi connectivity index (χ0v) is 8.31. The van der Waals surface area contributed by atoms with E-state index in [2.05, 4.69) is 9.24 Å². The van der Waals surface area contributed by atoms with Crippen LogP contribution in [0.25, 0.3) is 0 Å². The molecule has 1 aromatic carbocycles. The predicted molar refractivity (Wildman–Crippen MR) is 54.7 cm³/mol. The van der Waals surface area contributed by atoms with E-state index in [4.69, 9.17) is 5.11 Å². The molecule has 2 rings (SSSR count). The number of benzene rings is 1. The van der Waals surface area contributed by atoms with Crippen LogP contribution in [0.3, 0.4) is 0 Å². The Bertz CT molecular complexity index is 356. The van der Waals surface area contributed by atoms with Crippen LogP contribution in [-0.2, 0) is 0 Å². The number of hydrogen-bond donors (Lipinski definition) is 1. The van der Waals surface area contributed by atoms with E-state index in [1.165, 1.54) is 18.4 Å². The van der Waals surface area contributed by atoms with Crippen molar-refractivity contribution in [2.24, 2.45) is 0 Å². The van der Waals surface area contributed by atoms with Crippen LogP contribution >= 0.6 is 9.24 Å². The Morgan fingerprint density at radius 2 is 2.15 bits per heavy atom. The van der Waals surface area contributed by atoms with Gasteiger partial charge in [-0.1, -0.05) is 6.07 Å². The first-order valence-electron chi connectivity index (χ1n) is 4.31. The number of carbonyl (C=O) groups is 1. The van der Waals surface area contributed by atoms with Crippen molar-refractivity contribution in [1.82, 2.24) is 0 Å². The Morgan fingerprint density at radius 3 is 2.69 bits per heavy atom. The molecule has 0 aliphatic heterocycles. The predicted octanol–water partition coefficient (Wildman–Crippen LogP) is 1.76. The van der Waals surface area contributed by atoms with Crippen molar-refractivity contribution >= 4 is 20.5 Å². The highest BCUT2D eigenvalue weighted by Gasteiger charge is 2.25. The Balaban J connectivity index is 2.41. The number of hydrogen-bond acceptors (Lipinski definition) is 1. The summed E-state index contributed by atoms with van der Waals surface area (Å²) < 4.78 is 0. The van der Waals surface area contributed by atoms with Crippen LogP contribution < -0.4 is 5.30 Å². The maximum atomic E-state index is 10.7. The third-order valence-corrected chi connectivity index (χ3v) is 2.88. The van der Waals surface area contributed by atoms with E-state index >= 15 is 0 Å². The fourth-order valence-electron chi connectivity index (χ4n) is 1.46. The van der Waals surface area contributed by atoms with Crippen molar-refractivity contribution in [2.75, 3.05) is 0 Å². The van der Waals surface area contributed by atoms with Gasteiger partial charge < -0.3 is 5.11 Å². The van der Waals surface area contributed by atoms with E-state index in [9.17, 15) is 4.79 Å². The summed E-state index contributed by atoms with van der Waals surface area (Å²) in [6.45, 7) is 0. The Morgan fingerprint density at radius 1 is 1.46 bits per heavy atom. The van der Waals surface area contributed by atoms with Crippen molar-refractivity contribution in [3.63, 3.8) is 0 Å². The standard InChI is InChI=1S/C10H11O2P/c11-10(12)7-3-4-9(13)8(5-7)6-1-2-6/h3-6H,1-2,13H2,(H,11,12). The Labute approximate surface area is 79.2 Å². The van der Waals surface area contributed by atoms with Crippen LogP contribution in [0.4, 0.5) is 0 Å². The van der Waals surface area contributed by atoms with Gasteiger partial charge in [0, 0.05) is 0 Å². The van der Waals surface area contributed by atoms with E-state index < -0.39 is 5.97 Å². The van der Waals surface area contributed by atoms with Crippen LogP contribution in [-0.4, -0.2) is 11.1 Å².